The van der Waals surface area contributed by atoms with Gasteiger partial charge in [0.2, 0.25) is 0 Å². The highest BCUT2D eigenvalue weighted by molar-refractivity contribution is 6.31. The lowest BCUT2D eigenvalue weighted by atomic mass is 10.1. The number of phenols is 1. The minimum absolute atomic E-state index is 0.168. The molecule has 1 atom stereocenters. The van der Waals surface area contributed by atoms with Gasteiger partial charge in [-0.2, -0.15) is 0 Å². The van der Waals surface area contributed by atoms with E-state index in [2.05, 4.69) is 12.2 Å². The van der Waals surface area contributed by atoms with Crippen molar-refractivity contribution in [3.63, 3.8) is 0 Å². The minimum Gasteiger partial charge on any atom is -0.508 e. The zero-order valence-electron chi connectivity index (χ0n) is 10.2. The average Bonchev–Trinajstić information content (AvgIpc) is 2.37. The molecule has 0 heterocycles. The van der Waals surface area contributed by atoms with Crippen molar-refractivity contribution in [1.29, 1.82) is 0 Å². The first-order valence-electron chi connectivity index (χ1n) is 5.92. The van der Waals surface area contributed by atoms with Gasteiger partial charge in [-0.05, 0) is 36.2 Å². The van der Waals surface area contributed by atoms with E-state index in [9.17, 15) is 5.11 Å². The Labute approximate surface area is 112 Å². The zero-order chi connectivity index (χ0) is 13.0. The number of halogens is 1. The van der Waals surface area contributed by atoms with Gasteiger partial charge in [0.25, 0.3) is 0 Å². The third-order valence-electron chi connectivity index (χ3n) is 2.89. The second kappa shape index (κ2) is 5.89. The molecule has 0 saturated carbocycles. The van der Waals surface area contributed by atoms with Crippen molar-refractivity contribution in [3.05, 3.63) is 64.7 Å². The summed E-state index contributed by atoms with van der Waals surface area (Å²) in [6.45, 7) is 2.77. The normalized spacial score (nSPS) is 12.3. The summed E-state index contributed by atoms with van der Waals surface area (Å²) in [6, 6.07) is 15.2. The van der Waals surface area contributed by atoms with Crippen molar-refractivity contribution in [2.45, 2.75) is 19.5 Å². The molecule has 2 N–H and O–H groups in total. The third-order valence-corrected chi connectivity index (χ3v) is 3.24. The van der Waals surface area contributed by atoms with Crippen molar-refractivity contribution in [1.82, 2.24) is 5.32 Å². The van der Waals surface area contributed by atoms with Gasteiger partial charge in [0.15, 0.2) is 0 Å². The van der Waals surface area contributed by atoms with E-state index in [1.165, 1.54) is 0 Å². The van der Waals surface area contributed by atoms with Gasteiger partial charge in [-0.3, -0.25) is 0 Å². The van der Waals surface area contributed by atoms with E-state index in [1.807, 2.05) is 36.4 Å². The maximum atomic E-state index is 9.39. The first-order valence-corrected chi connectivity index (χ1v) is 6.30. The van der Waals surface area contributed by atoms with Crippen molar-refractivity contribution >= 4 is 11.6 Å². The summed E-state index contributed by atoms with van der Waals surface area (Å²) < 4.78 is 0. The molecule has 0 aliphatic carbocycles. The molecule has 2 nitrogen and oxygen atoms in total. The highest BCUT2D eigenvalue weighted by atomic mass is 35.5. The van der Waals surface area contributed by atoms with Gasteiger partial charge in [-0.1, -0.05) is 41.9 Å². The van der Waals surface area contributed by atoms with Gasteiger partial charge in [0, 0.05) is 17.6 Å². The molecule has 0 saturated heterocycles. The maximum Gasteiger partial charge on any atom is 0.115 e. The average molecular weight is 262 g/mol. The zero-order valence-corrected chi connectivity index (χ0v) is 11.0. The first kappa shape index (κ1) is 12.9. The second-order valence-electron chi connectivity index (χ2n) is 4.29. The summed E-state index contributed by atoms with van der Waals surface area (Å²) in [4.78, 5) is 0. The van der Waals surface area contributed by atoms with Crippen molar-refractivity contribution in [2.24, 2.45) is 0 Å². The van der Waals surface area contributed by atoms with Crippen LogP contribution < -0.4 is 5.32 Å². The number of benzene rings is 2. The molecule has 18 heavy (non-hydrogen) atoms. The predicted octanol–water partition coefficient (Wildman–Crippen LogP) is 3.90. The molecule has 0 aliphatic heterocycles. The molecule has 1 unspecified atom stereocenters. The van der Waals surface area contributed by atoms with E-state index in [0.717, 1.165) is 16.1 Å². The first-order chi connectivity index (χ1) is 8.66. The van der Waals surface area contributed by atoms with Crippen LogP contribution in [0.3, 0.4) is 0 Å². The SMILES string of the molecule is CC(NCc1cccc(O)c1)c1ccccc1Cl. The summed E-state index contributed by atoms with van der Waals surface area (Å²) >= 11 is 6.15. The molecule has 0 amide bonds. The predicted molar refractivity (Wildman–Crippen MR) is 74.8 cm³/mol. The lowest BCUT2D eigenvalue weighted by molar-refractivity contribution is 0.473. The number of rotatable bonds is 4. The summed E-state index contributed by atoms with van der Waals surface area (Å²) in [5, 5.41) is 13.5. The number of hydrogen-bond acceptors (Lipinski definition) is 2. The molecular formula is C15H16ClNO. The highest BCUT2D eigenvalue weighted by Crippen LogP contribution is 2.22. The molecule has 2 rings (SSSR count). The van der Waals surface area contributed by atoms with Crippen LogP contribution in [0, 0.1) is 0 Å². The quantitative estimate of drug-likeness (QED) is 0.875. The fourth-order valence-electron chi connectivity index (χ4n) is 1.87. The number of aromatic hydroxyl groups is 1. The minimum atomic E-state index is 0.168. The fourth-order valence-corrected chi connectivity index (χ4v) is 2.17. The number of phenolic OH excluding ortho intramolecular Hbond substituents is 1. The molecule has 0 radical (unpaired) electrons. The summed E-state index contributed by atoms with van der Waals surface area (Å²) in [7, 11) is 0. The van der Waals surface area contributed by atoms with Gasteiger partial charge in [-0.15, -0.1) is 0 Å². The lowest BCUT2D eigenvalue weighted by Gasteiger charge is -2.15. The van der Waals surface area contributed by atoms with Crippen LogP contribution in [0.5, 0.6) is 5.75 Å². The van der Waals surface area contributed by atoms with Crippen LogP contribution >= 0.6 is 11.6 Å². The van der Waals surface area contributed by atoms with Gasteiger partial charge in [-0.25, -0.2) is 0 Å². The Morgan fingerprint density at radius 2 is 1.94 bits per heavy atom. The number of hydrogen-bond donors (Lipinski definition) is 2. The van der Waals surface area contributed by atoms with Crippen LogP contribution in [-0.4, -0.2) is 5.11 Å². The Morgan fingerprint density at radius 3 is 2.67 bits per heavy atom. The molecule has 2 aromatic carbocycles. The molecule has 0 fully saturated rings. The van der Waals surface area contributed by atoms with E-state index >= 15 is 0 Å². The molecular weight excluding hydrogens is 246 g/mol. The standard InChI is InChI=1S/C15H16ClNO/c1-11(14-7-2-3-8-15(14)16)17-10-12-5-4-6-13(18)9-12/h2-9,11,17-18H,10H2,1H3. The largest absolute Gasteiger partial charge is 0.508 e. The molecule has 2 aromatic rings. The monoisotopic (exact) mass is 261 g/mol. The van der Waals surface area contributed by atoms with E-state index in [0.29, 0.717) is 12.3 Å². The van der Waals surface area contributed by atoms with Crippen molar-refractivity contribution in [3.8, 4) is 5.75 Å². The van der Waals surface area contributed by atoms with Crippen molar-refractivity contribution < 1.29 is 5.11 Å². The molecule has 0 spiro atoms. The van der Waals surface area contributed by atoms with E-state index in [-0.39, 0.29) is 6.04 Å². The Balaban J connectivity index is 2.00. The van der Waals surface area contributed by atoms with Gasteiger partial charge in [0.1, 0.15) is 5.75 Å². The van der Waals surface area contributed by atoms with Crippen LogP contribution in [0.15, 0.2) is 48.5 Å². The summed E-state index contributed by atoms with van der Waals surface area (Å²) in [6.07, 6.45) is 0. The molecule has 0 aromatic heterocycles. The Morgan fingerprint density at radius 1 is 1.17 bits per heavy atom. The number of nitrogens with one attached hydrogen (secondary N) is 1. The lowest BCUT2D eigenvalue weighted by Crippen LogP contribution is -2.18. The molecule has 94 valence electrons. The summed E-state index contributed by atoms with van der Waals surface area (Å²) in [5.74, 6) is 0.291. The van der Waals surface area contributed by atoms with Crippen LogP contribution in [0.1, 0.15) is 24.1 Å². The Bertz CT molecular complexity index is 527. The van der Waals surface area contributed by atoms with E-state index in [1.54, 1.807) is 12.1 Å². The fraction of sp³-hybridized carbons (Fsp3) is 0.200. The Kier molecular flexibility index (Phi) is 4.24. The van der Waals surface area contributed by atoms with Crippen LogP contribution in [0.4, 0.5) is 0 Å². The third kappa shape index (κ3) is 3.25. The van der Waals surface area contributed by atoms with Gasteiger partial charge in [0.05, 0.1) is 0 Å². The van der Waals surface area contributed by atoms with Crippen molar-refractivity contribution in [2.75, 3.05) is 0 Å². The van der Waals surface area contributed by atoms with Crippen LogP contribution in [0.25, 0.3) is 0 Å². The van der Waals surface area contributed by atoms with E-state index < -0.39 is 0 Å². The summed E-state index contributed by atoms with van der Waals surface area (Å²) in [5.41, 5.74) is 2.13. The topological polar surface area (TPSA) is 32.3 Å². The second-order valence-corrected chi connectivity index (χ2v) is 4.70. The highest BCUT2D eigenvalue weighted by Gasteiger charge is 2.08. The van der Waals surface area contributed by atoms with Gasteiger partial charge < -0.3 is 10.4 Å². The van der Waals surface area contributed by atoms with Gasteiger partial charge >= 0.3 is 0 Å². The molecule has 0 aliphatic rings. The maximum absolute atomic E-state index is 9.39. The van der Waals surface area contributed by atoms with E-state index in [4.69, 9.17) is 11.6 Å². The molecule has 3 heteroatoms. The Hall–Kier alpha value is -1.51. The smallest absolute Gasteiger partial charge is 0.115 e. The van der Waals surface area contributed by atoms with Crippen LogP contribution in [0.2, 0.25) is 5.02 Å². The van der Waals surface area contributed by atoms with Crippen LogP contribution in [-0.2, 0) is 6.54 Å². The molecule has 0 bridgehead atoms.